The monoisotopic (exact) mass is 329 g/mol. The zero-order valence-corrected chi connectivity index (χ0v) is 12.1. The molecule has 1 aromatic carbocycles. The van der Waals surface area contributed by atoms with E-state index in [1.54, 1.807) is 17.0 Å². The number of benzene rings is 1. The van der Waals surface area contributed by atoms with Crippen molar-refractivity contribution in [3.05, 3.63) is 28.2 Å². The highest BCUT2D eigenvalue weighted by atomic mass is 79.9. The van der Waals surface area contributed by atoms with E-state index >= 15 is 0 Å². The second kappa shape index (κ2) is 6.10. The van der Waals surface area contributed by atoms with E-state index in [0.29, 0.717) is 15.5 Å². The lowest BCUT2D eigenvalue weighted by Gasteiger charge is -2.27. The minimum Gasteiger partial charge on any atom is -0.423 e. The van der Waals surface area contributed by atoms with Crippen LogP contribution in [0.5, 0.6) is 0 Å². The Morgan fingerprint density at radius 1 is 1.33 bits per heavy atom. The standard InChI is InChI=1S/C11H13BBrNO3S/c13-10-2-1-8(12(16)17)7-9(10)11(15)14-3-5-18-6-4-14/h1-2,7,16-17H,3-6H2. The molecule has 0 atom stereocenters. The first-order valence-corrected chi connectivity index (χ1v) is 7.57. The van der Waals surface area contributed by atoms with Crippen LogP contribution in [0.25, 0.3) is 0 Å². The number of hydrogen-bond acceptors (Lipinski definition) is 4. The number of hydrogen-bond donors (Lipinski definition) is 2. The first kappa shape index (κ1) is 13.9. The summed E-state index contributed by atoms with van der Waals surface area (Å²) < 4.78 is 0.676. The molecule has 0 radical (unpaired) electrons. The Bertz CT molecular complexity index is 452. The number of carbonyl (C=O) groups excluding carboxylic acids is 1. The second-order valence-corrected chi connectivity index (χ2v) is 6.10. The minimum atomic E-state index is -1.55. The van der Waals surface area contributed by atoms with Crippen LogP contribution in [0, 0.1) is 0 Å². The van der Waals surface area contributed by atoms with E-state index in [-0.39, 0.29) is 5.91 Å². The predicted molar refractivity (Wildman–Crippen MR) is 77.2 cm³/mol. The van der Waals surface area contributed by atoms with Gasteiger partial charge in [0.05, 0.1) is 5.56 Å². The second-order valence-electron chi connectivity index (χ2n) is 4.02. The summed E-state index contributed by atoms with van der Waals surface area (Å²) in [6.07, 6.45) is 0. The van der Waals surface area contributed by atoms with E-state index in [4.69, 9.17) is 10.0 Å². The van der Waals surface area contributed by atoms with Crippen molar-refractivity contribution >= 4 is 46.2 Å². The number of nitrogens with zero attached hydrogens (tertiary/aromatic N) is 1. The van der Waals surface area contributed by atoms with Crippen molar-refractivity contribution in [2.75, 3.05) is 24.6 Å². The molecule has 1 aliphatic heterocycles. The number of amides is 1. The quantitative estimate of drug-likeness (QED) is 0.767. The van der Waals surface area contributed by atoms with Crippen molar-refractivity contribution in [1.82, 2.24) is 4.90 Å². The zero-order valence-electron chi connectivity index (χ0n) is 9.67. The van der Waals surface area contributed by atoms with Gasteiger partial charge in [0.2, 0.25) is 0 Å². The van der Waals surface area contributed by atoms with Crippen molar-refractivity contribution in [2.24, 2.45) is 0 Å². The Morgan fingerprint density at radius 3 is 2.61 bits per heavy atom. The summed E-state index contributed by atoms with van der Waals surface area (Å²) >= 11 is 5.17. The fourth-order valence-corrected chi connectivity index (χ4v) is 3.12. The molecular weight excluding hydrogens is 317 g/mol. The van der Waals surface area contributed by atoms with Crippen molar-refractivity contribution in [2.45, 2.75) is 0 Å². The van der Waals surface area contributed by atoms with Crippen LogP contribution in [0.2, 0.25) is 0 Å². The third-order valence-corrected chi connectivity index (χ3v) is 4.45. The number of carbonyl (C=O) groups is 1. The Labute approximate surface area is 119 Å². The molecule has 1 aliphatic rings. The molecule has 1 fully saturated rings. The molecule has 2 N–H and O–H groups in total. The average Bonchev–Trinajstić information content (AvgIpc) is 2.39. The molecule has 0 saturated carbocycles. The molecule has 1 amide bonds. The molecular formula is C11H13BBrNO3S. The van der Waals surface area contributed by atoms with Gasteiger partial charge in [-0.2, -0.15) is 11.8 Å². The summed E-state index contributed by atoms with van der Waals surface area (Å²) in [5, 5.41) is 18.3. The van der Waals surface area contributed by atoms with Gasteiger partial charge in [0.15, 0.2) is 0 Å². The van der Waals surface area contributed by atoms with Crippen LogP contribution in [0.4, 0.5) is 0 Å². The molecule has 0 bridgehead atoms. The third kappa shape index (κ3) is 3.09. The smallest absolute Gasteiger partial charge is 0.423 e. The molecule has 0 aliphatic carbocycles. The predicted octanol–water partition coefficient (Wildman–Crippen LogP) is 0.318. The van der Waals surface area contributed by atoms with Gasteiger partial charge in [-0.25, -0.2) is 0 Å². The lowest BCUT2D eigenvalue weighted by Crippen LogP contribution is -2.39. The molecule has 96 valence electrons. The van der Waals surface area contributed by atoms with Crippen LogP contribution in [-0.2, 0) is 0 Å². The molecule has 0 unspecified atom stereocenters. The summed E-state index contributed by atoms with van der Waals surface area (Å²) in [5.41, 5.74) is 0.806. The lowest BCUT2D eigenvalue weighted by atomic mass is 9.79. The largest absolute Gasteiger partial charge is 0.488 e. The van der Waals surface area contributed by atoms with Gasteiger partial charge < -0.3 is 14.9 Å². The molecule has 1 heterocycles. The van der Waals surface area contributed by atoms with Gasteiger partial charge in [-0.05, 0) is 33.5 Å². The van der Waals surface area contributed by atoms with Gasteiger partial charge in [-0.1, -0.05) is 6.07 Å². The van der Waals surface area contributed by atoms with Crippen molar-refractivity contribution in [3.63, 3.8) is 0 Å². The summed E-state index contributed by atoms with van der Waals surface area (Å²) in [5.74, 6) is 1.84. The normalized spacial score (nSPS) is 15.6. The van der Waals surface area contributed by atoms with Crippen LogP contribution in [-0.4, -0.2) is 52.6 Å². The van der Waals surface area contributed by atoms with Crippen LogP contribution in [0.15, 0.2) is 22.7 Å². The topological polar surface area (TPSA) is 60.8 Å². The van der Waals surface area contributed by atoms with Crippen molar-refractivity contribution in [3.8, 4) is 0 Å². The molecule has 7 heteroatoms. The first-order chi connectivity index (χ1) is 8.59. The lowest BCUT2D eigenvalue weighted by molar-refractivity contribution is 0.0771. The van der Waals surface area contributed by atoms with E-state index in [9.17, 15) is 4.79 Å². The molecule has 4 nitrogen and oxygen atoms in total. The maximum Gasteiger partial charge on any atom is 0.488 e. The van der Waals surface area contributed by atoms with Crippen LogP contribution in [0.1, 0.15) is 10.4 Å². The van der Waals surface area contributed by atoms with Crippen molar-refractivity contribution < 1.29 is 14.8 Å². The van der Waals surface area contributed by atoms with E-state index < -0.39 is 7.12 Å². The maximum absolute atomic E-state index is 12.3. The minimum absolute atomic E-state index is 0.0651. The number of thioether (sulfide) groups is 1. The fraction of sp³-hybridized carbons (Fsp3) is 0.364. The Hall–Kier alpha value is -0.495. The molecule has 1 aromatic rings. The van der Waals surface area contributed by atoms with E-state index in [2.05, 4.69) is 15.9 Å². The van der Waals surface area contributed by atoms with Gasteiger partial charge in [-0.15, -0.1) is 0 Å². The summed E-state index contributed by atoms with van der Waals surface area (Å²) in [6.45, 7) is 1.48. The first-order valence-electron chi connectivity index (χ1n) is 5.62. The van der Waals surface area contributed by atoms with Gasteiger partial charge in [-0.3, -0.25) is 4.79 Å². The number of rotatable bonds is 2. The van der Waals surface area contributed by atoms with Gasteiger partial charge in [0.25, 0.3) is 5.91 Å². The van der Waals surface area contributed by atoms with E-state index in [1.807, 2.05) is 11.8 Å². The highest BCUT2D eigenvalue weighted by Gasteiger charge is 2.22. The molecule has 0 spiro atoms. The van der Waals surface area contributed by atoms with Gasteiger partial charge >= 0.3 is 7.12 Å². The SMILES string of the molecule is O=C(c1cc(B(O)O)ccc1Br)N1CCSCC1. The molecule has 0 aromatic heterocycles. The Kier molecular flexibility index (Phi) is 4.72. The summed E-state index contributed by atoms with van der Waals surface area (Å²) in [4.78, 5) is 14.1. The highest BCUT2D eigenvalue weighted by Crippen LogP contribution is 2.19. The van der Waals surface area contributed by atoms with Crippen LogP contribution >= 0.6 is 27.7 Å². The summed E-state index contributed by atoms with van der Waals surface area (Å²) in [7, 11) is -1.55. The van der Waals surface area contributed by atoms with E-state index in [0.717, 1.165) is 24.6 Å². The Morgan fingerprint density at radius 2 is 2.00 bits per heavy atom. The van der Waals surface area contributed by atoms with E-state index in [1.165, 1.54) is 6.07 Å². The summed E-state index contributed by atoms with van der Waals surface area (Å²) in [6, 6.07) is 4.77. The average molecular weight is 330 g/mol. The molecule has 18 heavy (non-hydrogen) atoms. The third-order valence-electron chi connectivity index (χ3n) is 2.82. The van der Waals surface area contributed by atoms with Crippen LogP contribution in [0.3, 0.4) is 0 Å². The number of halogens is 1. The van der Waals surface area contributed by atoms with Crippen LogP contribution < -0.4 is 5.46 Å². The van der Waals surface area contributed by atoms with Crippen molar-refractivity contribution in [1.29, 1.82) is 0 Å². The zero-order chi connectivity index (χ0) is 13.1. The maximum atomic E-state index is 12.3. The highest BCUT2D eigenvalue weighted by molar-refractivity contribution is 9.10. The molecule has 1 saturated heterocycles. The Balaban J connectivity index is 2.25. The molecule has 2 rings (SSSR count). The van der Waals surface area contributed by atoms with Gasteiger partial charge in [0, 0.05) is 29.1 Å². The van der Waals surface area contributed by atoms with Gasteiger partial charge in [0.1, 0.15) is 0 Å². The fourth-order valence-electron chi connectivity index (χ4n) is 1.80.